The van der Waals surface area contributed by atoms with Gasteiger partial charge in [0, 0.05) is 5.39 Å². The van der Waals surface area contributed by atoms with Crippen molar-refractivity contribution in [2.24, 2.45) is 0 Å². The summed E-state index contributed by atoms with van der Waals surface area (Å²) in [4.78, 5) is 0. The summed E-state index contributed by atoms with van der Waals surface area (Å²) >= 11 is 3.49. The van der Waals surface area contributed by atoms with E-state index >= 15 is 0 Å². The lowest BCUT2D eigenvalue weighted by molar-refractivity contribution is 0.415. The van der Waals surface area contributed by atoms with Gasteiger partial charge >= 0.3 is 0 Å². The highest BCUT2D eigenvalue weighted by atomic mass is 79.9. The summed E-state index contributed by atoms with van der Waals surface area (Å²) in [6.07, 6.45) is 1.12. The molecule has 1 heterocycles. The predicted molar refractivity (Wildman–Crippen MR) is 72.5 cm³/mol. The Morgan fingerprint density at radius 2 is 2.18 bits per heavy atom. The molecular weight excluding hydrogens is 282 g/mol. The van der Waals surface area contributed by atoms with E-state index in [0.717, 1.165) is 46.5 Å². The highest BCUT2D eigenvalue weighted by Crippen LogP contribution is 2.31. The van der Waals surface area contributed by atoms with Crippen LogP contribution in [0, 0.1) is 0 Å². The van der Waals surface area contributed by atoms with Crippen LogP contribution in [0.15, 0.2) is 27.1 Å². The molecule has 2 aromatic rings. The van der Waals surface area contributed by atoms with E-state index in [-0.39, 0.29) is 0 Å². The van der Waals surface area contributed by atoms with Crippen LogP contribution in [-0.2, 0) is 6.54 Å². The Morgan fingerprint density at radius 3 is 2.88 bits per heavy atom. The first kappa shape index (κ1) is 12.5. The highest BCUT2D eigenvalue weighted by Gasteiger charge is 2.08. The maximum Gasteiger partial charge on any atom is 0.148 e. The van der Waals surface area contributed by atoms with Crippen molar-refractivity contribution in [1.82, 2.24) is 5.32 Å². The molecule has 0 aliphatic rings. The second-order valence-electron chi connectivity index (χ2n) is 3.92. The van der Waals surface area contributed by atoms with E-state index in [0.29, 0.717) is 0 Å². The van der Waals surface area contributed by atoms with Crippen LogP contribution in [0.5, 0.6) is 5.75 Å². The molecule has 0 bridgehead atoms. The summed E-state index contributed by atoms with van der Waals surface area (Å²) < 4.78 is 11.9. The van der Waals surface area contributed by atoms with Gasteiger partial charge < -0.3 is 14.5 Å². The van der Waals surface area contributed by atoms with Crippen LogP contribution < -0.4 is 10.1 Å². The fraction of sp³-hybridized carbons (Fsp3) is 0.385. The molecule has 2 rings (SSSR count). The zero-order valence-corrected chi connectivity index (χ0v) is 11.6. The maximum atomic E-state index is 5.78. The van der Waals surface area contributed by atoms with Crippen molar-refractivity contribution in [2.45, 2.75) is 19.9 Å². The van der Waals surface area contributed by atoms with Gasteiger partial charge in [0.05, 0.1) is 18.1 Å². The van der Waals surface area contributed by atoms with Gasteiger partial charge in [0.15, 0.2) is 0 Å². The first-order valence-corrected chi connectivity index (χ1v) is 6.50. The molecule has 0 radical (unpaired) electrons. The molecule has 0 aliphatic heterocycles. The molecule has 1 N–H and O–H groups in total. The zero-order valence-electron chi connectivity index (χ0n) is 10.0. The molecule has 4 heteroatoms. The molecule has 0 amide bonds. The lowest BCUT2D eigenvalue weighted by Crippen LogP contribution is -2.12. The Kier molecular flexibility index (Phi) is 4.07. The van der Waals surface area contributed by atoms with Crippen LogP contribution in [0.1, 0.15) is 19.1 Å². The fourth-order valence-corrected chi connectivity index (χ4v) is 2.27. The van der Waals surface area contributed by atoms with Crippen molar-refractivity contribution in [2.75, 3.05) is 13.7 Å². The van der Waals surface area contributed by atoms with E-state index in [1.54, 1.807) is 7.11 Å². The van der Waals surface area contributed by atoms with Crippen molar-refractivity contribution in [3.8, 4) is 5.75 Å². The standard InChI is InChI=1S/C13H16BrNO2/c1-3-4-15-8-11-6-9-5-10(16-2)7-12(14)13(9)17-11/h5-7,15H,3-4,8H2,1-2H3. The van der Waals surface area contributed by atoms with E-state index in [1.165, 1.54) is 0 Å². The minimum Gasteiger partial charge on any atom is -0.497 e. The van der Waals surface area contributed by atoms with Crippen molar-refractivity contribution < 1.29 is 9.15 Å². The zero-order chi connectivity index (χ0) is 12.3. The molecule has 0 atom stereocenters. The number of ether oxygens (including phenoxy) is 1. The van der Waals surface area contributed by atoms with Gasteiger partial charge in [-0.1, -0.05) is 6.92 Å². The van der Waals surface area contributed by atoms with Crippen molar-refractivity contribution in [1.29, 1.82) is 0 Å². The summed E-state index contributed by atoms with van der Waals surface area (Å²) in [7, 11) is 1.66. The second kappa shape index (κ2) is 5.56. The molecule has 17 heavy (non-hydrogen) atoms. The van der Waals surface area contributed by atoms with Gasteiger partial charge in [-0.3, -0.25) is 0 Å². The van der Waals surface area contributed by atoms with Gasteiger partial charge in [-0.15, -0.1) is 0 Å². The quantitative estimate of drug-likeness (QED) is 0.855. The Labute approximate surface area is 109 Å². The van der Waals surface area contributed by atoms with E-state index in [9.17, 15) is 0 Å². The maximum absolute atomic E-state index is 5.78. The Bertz CT molecular complexity index is 507. The van der Waals surface area contributed by atoms with Crippen LogP contribution >= 0.6 is 15.9 Å². The number of hydrogen-bond acceptors (Lipinski definition) is 3. The molecule has 92 valence electrons. The minimum absolute atomic E-state index is 0.761. The van der Waals surface area contributed by atoms with E-state index in [4.69, 9.17) is 9.15 Å². The average molecular weight is 298 g/mol. The normalized spacial score (nSPS) is 11.0. The van der Waals surface area contributed by atoms with E-state index < -0.39 is 0 Å². The van der Waals surface area contributed by atoms with Crippen LogP contribution in [-0.4, -0.2) is 13.7 Å². The van der Waals surface area contributed by atoms with Gasteiger partial charge in [0.1, 0.15) is 17.1 Å². The molecule has 0 unspecified atom stereocenters. The third-order valence-electron chi connectivity index (χ3n) is 2.56. The van der Waals surface area contributed by atoms with Crippen LogP contribution in [0.4, 0.5) is 0 Å². The summed E-state index contributed by atoms with van der Waals surface area (Å²) in [5, 5.41) is 4.38. The summed E-state index contributed by atoms with van der Waals surface area (Å²) in [6, 6.07) is 5.94. The number of methoxy groups -OCH3 is 1. The number of benzene rings is 1. The fourth-order valence-electron chi connectivity index (χ4n) is 1.73. The van der Waals surface area contributed by atoms with Crippen molar-refractivity contribution >= 4 is 26.9 Å². The van der Waals surface area contributed by atoms with Gasteiger partial charge in [-0.05, 0) is 47.1 Å². The molecule has 0 aliphatic carbocycles. The average Bonchev–Trinajstić information content (AvgIpc) is 2.72. The second-order valence-corrected chi connectivity index (χ2v) is 4.77. The molecule has 1 aromatic carbocycles. The van der Waals surface area contributed by atoms with Crippen LogP contribution in [0.2, 0.25) is 0 Å². The predicted octanol–water partition coefficient (Wildman–Crippen LogP) is 3.70. The number of furan rings is 1. The molecular formula is C13H16BrNO2. The molecule has 0 spiro atoms. The Balaban J connectivity index is 2.26. The molecule has 1 aromatic heterocycles. The van der Waals surface area contributed by atoms with Gasteiger partial charge in [-0.25, -0.2) is 0 Å². The van der Waals surface area contributed by atoms with Gasteiger partial charge in [0.25, 0.3) is 0 Å². The van der Waals surface area contributed by atoms with Crippen LogP contribution in [0.3, 0.4) is 0 Å². The van der Waals surface area contributed by atoms with Gasteiger partial charge in [-0.2, -0.15) is 0 Å². The smallest absolute Gasteiger partial charge is 0.148 e. The lowest BCUT2D eigenvalue weighted by Gasteiger charge is -2.00. The lowest BCUT2D eigenvalue weighted by atomic mass is 10.2. The van der Waals surface area contributed by atoms with Crippen molar-refractivity contribution in [3.05, 3.63) is 28.4 Å². The number of hydrogen-bond donors (Lipinski definition) is 1. The summed E-state index contributed by atoms with van der Waals surface area (Å²) in [5.41, 5.74) is 0.874. The molecule has 0 saturated heterocycles. The Morgan fingerprint density at radius 1 is 1.35 bits per heavy atom. The minimum atomic E-state index is 0.761. The van der Waals surface area contributed by atoms with E-state index in [1.807, 2.05) is 18.2 Å². The SMILES string of the molecule is CCCNCc1cc2cc(OC)cc(Br)c2o1. The van der Waals surface area contributed by atoms with Gasteiger partial charge in [0.2, 0.25) is 0 Å². The van der Waals surface area contributed by atoms with E-state index in [2.05, 4.69) is 28.2 Å². The Hall–Kier alpha value is -1.00. The number of halogens is 1. The van der Waals surface area contributed by atoms with Crippen molar-refractivity contribution in [3.63, 3.8) is 0 Å². The first-order chi connectivity index (χ1) is 8.24. The summed E-state index contributed by atoms with van der Waals surface area (Å²) in [5.74, 6) is 1.78. The third kappa shape index (κ3) is 2.82. The highest BCUT2D eigenvalue weighted by molar-refractivity contribution is 9.10. The number of fused-ring (bicyclic) bond motifs is 1. The summed E-state index contributed by atoms with van der Waals surface area (Å²) in [6.45, 7) is 3.91. The first-order valence-electron chi connectivity index (χ1n) is 5.71. The molecule has 0 saturated carbocycles. The number of rotatable bonds is 5. The van der Waals surface area contributed by atoms with Crippen LogP contribution in [0.25, 0.3) is 11.0 Å². The molecule has 3 nitrogen and oxygen atoms in total. The number of nitrogens with one attached hydrogen (secondary N) is 1. The monoisotopic (exact) mass is 297 g/mol. The molecule has 0 fully saturated rings. The topological polar surface area (TPSA) is 34.4 Å². The third-order valence-corrected chi connectivity index (χ3v) is 3.15. The largest absolute Gasteiger partial charge is 0.497 e.